The molecular weight excluding hydrogens is 340 g/mol. The Morgan fingerprint density at radius 3 is 2.57 bits per heavy atom. The molecule has 0 fully saturated rings. The number of hydrogen-bond acceptors (Lipinski definition) is 2. The molecule has 0 aliphatic carbocycles. The Labute approximate surface area is 134 Å². The van der Waals surface area contributed by atoms with Crippen LogP contribution in [0.15, 0.2) is 22.7 Å². The average Bonchev–Trinajstić information content (AvgIpc) is 2.44. The average molecular weight is 364 g/mol. The van der Waals surface area contributed by atoms with E-state index in [1.165, 1.54) is 32.1 Å². The minimum absolute atomic E-state index is 0.239. The third-order valence-corrected chi connectivity index (χ3v) is 3.75. The summed E-state index contributed by atoms with van der Waals surface area (Å²) in [7, 11) is 0. The molecular formula is C16H24BrF2NO. The molecule has 1 aromatic rings. The Morgan fingerprint density at radius 1 is 1.14 bits per heavy atom. The van der Waals surface area contributed by atoms with Gasteiger partial charge in [-0.15, -0.1) is 0 Å². The first-order valence-electron chi connectivity index (χ1n) is 7.57. The normalized spacial score (nSPS) is 11.1. The summed E-state index contributed by atoms with van der Waals surface area (Å²) < 4.78 is 30.1. The van der Waals surface area contributed by atoms with E-state index in [0.717, 1.165) is 23.0 Å². The number of halogens is 3. The van der Waals surface area contributed by atoms with E-state index in [9.17, 15) is 8.78 Å². The summed E-state index contributed by atoms with van der Waals surface area (Å²) in [6.45, 7) is 0.852. The van der Waals surface area contributed by atoms with Gasteiger partial charge in [0.15, 0.2) is 0 Å². The third kappa shape index (κ3) is 8.37. The second kappa shape index (κ2) is 11.0. The zero-order valence-electron chi connectivity index (χ0n) is 12.5. The minimum atomic E-state index is -2.79. The first kappa shape index (κ1) is 18.4. The summed E-state index contributed by atoms with van der Waals surface area (Å²) in [5, 5.41) is 3.29. The molecule has 0 radical (unpaired) electrons. The van der Waals surface area contributed by atoms with Crippen molar-refractivity contribution in [2.45, 2.75) is 58.6 Å². The van der Waals surface area contributed by atoms with Crippen LogP contribution in [-0.4, -0.2) is 13.2 Å². The Kier molecular flexibility index (Phi) is 9.59. The van der Waals surface area contributed by atoms with E-state index in [2.05, 4.69) is 32.9 Å². The standard InChI is InChI=1S/C16H24BrF2NO/c1-2-3-4-5-6-7-10-20-12-13-11-14(17)8-9-15(13)21-16(18)19/h8-9,11,16,20H,2-7,10,12H2,1H3. The fourth-order valence-corrected chi connectivity index (χ4v) is 2.56. The summed E-state index contributed by atoms with van der Waals surface area (Å²) in [6.07, 6.45) is 7.46. The number of hydrogen-bond donors (Lipinski definition) is 1. The van der Waals surface area contributed by atoms with E-state index in [0.29, 0.717) is 6.54 Å². The van der Waals surface area contributed by atoms with Gasteiger partial charge >= 0.3 is 6.61 Å². The van der Waals surface area contributed by atoms with Gasteiger partial charge in [-0.25, -0.2) is 0 Å². The molecule has 0 heterocycles. The van der Waals surface area contributed by atoms with E-state index in [1.807, 2.05) is 6.07 Å². The van der Waals surface area contributed by atoms with Crippen LogP contribution in [0.2, 0.25) is 0 Å². The predicted molar refractivity (Wildman–Crippen MR) is 85.9 cm³/mol. The van der Waals surface area contributed by atoms with Crippen LogP contribution in [0.25, 0.3) is 0 Å². The van der Waals surface area contributed by atoms with E-state index < -0.39 is 6.61 Å². The van der Waals surface area contributed by atoms with Gasteiger partial charge in [0, 0.05) is 16.6 Å². The van der Waals surface area contributed by atoms with E-state index in [4.69, 9.17) is 0 Å². The fourth-order valence-electron chi connectivity index (χ4n) is 2.15. The molecule has 0 aliphatic heterocycles. The Balaban J connectivity index is 2.29. The summed E-state index contributed by atoms with van der Waals surface area (Å²) in [4.78, 5) is 0. The SMILES string of the molecule is CCCCCCCCNCc1cc(Br)ccc1OC(F)F. The smallest absolute Gasteiger partial charge is 0.387 e. The largest absolute Gasteiger partial charge is 0.434 e. The predicted octanol–water partition coefficient (Wildman–Crippen LogP) is 5.50. The van der Waals surface area contributed by atoms with Crippen LogP contribution >= 0.6 is 15.9 Å². The van der Waals surface area contributed by atoms with Crippen LogP contribution in [0, 0.1) is 0 Å². The monoisotopic (exact) mass is 363 g/mol. The second-order valence-corrected chi connectivity index (χ2v) is 5.99. The minimum Gasteiger partial charge on any atom is -0.434 e. The Bertz CT molecular complexity index is 402. The molecule has 0 saturated heterocycles. The van der Waals surface area contributed by atoms with Crippen LogP contribution in [-0.2, 0) is 6.54 Å². The van der Waals surface area contributed by atoms with E-state index in [1.54, 1.807) is 12.1 Å². The number of nitrogens with one attached hydrogen (secondary N) is 1. The van der Waals surface area contributed by atoms with Gasteiger partial charge < -0.3 is 10.1 Å². The third-order valence-electron chi connectivity index (χ3n) is 3.26. The molecule has 0 saturated carbocycles. The molecule has 1 N–H and O–H groups in total. The first-order valence-corrected chi connectivity index (χ1v) is 8.36. The van der Waals surface area contributed by atoms with Crippen molar-refractivity contribution in [2.75, 3.05) is 6.54 Å². The van der Waals surface area contributed by atoms with Crippen molar-refractivity contribution in [1.29, 1.82) is 0 Å². The van der Waals surface area contributed by atoms with Crippen molar-refractivity contribution in [3.63, 3.8) is 0 Å². The summed E-state index contributed by atoms with van der Waals surface area (Å²) in [5.74, 6) is 0.239. The van der Waals surface area contributed by atoms with Gasteiger partial charge in [0.2, 0.25) is 0 Å². The van der Waals surface area contributed by atoms with Crippen molar-refractivity contribution in [3.8, 4) is 5.75 Å². The maximum absolute atomic E-state index is 12.3. The molecule has 0 amide bonds. The van der Waals surface area contributed by atoms with Crippen molar-refractivity contribution in [3.05, 3.63) is 28.2 Å². The van der Waals surface area contributed by atoms with Gasteiger partial charge in [0.05, 0.1) is 0 Å². The molecule has 120 valence electrons. The van der Waals surface area contributed by atoms with Crippen LogP contribution in [0.1, 0.15) is 51.0 Å². The van der Waals surface area contributed by atoms with Gasteiger partial charge in [0.1, 0.15) is 5.75 Å². The Morgan fingerprint density at radius 2 is 1.86 bits per heavy atom. The zero-order chi connectivity index (χ0) is 15.5. The highest BCUT2D eigenvalue weighted by molar-refractivity contribution is 9.10. The summed E-state index contributed by atoms with van der Waals surface area (Å²) in [6, 6.07) is 5.08. The molecule has 0 atom stereocenters. The molecule has 5 heteroatoms. The van der Waals surface area contributed by atoms with Crippen molar-refractivity contribution >= 4 is 15.9 Å². The number of rotatable bonds is 11. The van der Waals surface area contributed by atoms with Crippen LogP contribution in [0.4, 0.5) is 8.78 Å². The highest BCUT2D eigenvalue weighted by Gasteiger charge is 2.09. The lowest BCUT2D eigenvalue weighted by atomic mass is 10.1. The van der Waals surface area contributed by atoms with Crippen molar-refractivity contribution in [1.82, 2.24) is 5.32 Å². The highest BCUT2D eigenvalue weighted by Crippen LogP contribution is 2.24. The summed E-state index contributed by atoms with van der Waals surface area (Å²) >= 11 is 3.35. The van der Waals surface area contributed by atoms with Crippen molar-refractivity contribution in [2.24, 2.45) is 0 Å². The van der Waals surface area contributed by atoms with Gasteiger partial charge in [-0.2, -0.15) is 8.78 Å². The fraction of sp³-hybridized carbons (Fsp3) is 0.625. The number of unbranched alkanes of at least 4 members (excludes halogenated alkanes) is 5. The van der Waals surface area contributed by atoms with Crippen LogP contribution < -0.4 is 10.1 Å². The summed E-state index contributed by atoms with van der Waals surface area (Å²) in [5.41, 5.74) is 0.746. The Hall–Kier alpha value is -0.680. The second-order valence-electron chi connectivity index (χ2n) is 5.08. The van der Waals surface area contributed by atoms with Gasteiger partial charge in [-0.1, -0.05) is 55.0 Å². The number of alkyl halides is 2. The topological polar surface area (TPSA) is 21.3 Å². The lowest BCUT2D eigenvalue weighted by Gasteiger charge is -2.12. The zero-order valence-corrected chi connectivity index (χ0v) is 14.1. The van der Waals surface area contributed by atoms with Crippen LogP contribution in [0.5, 0.6) is 5.75 Å². The molecule has 1 rings (SSSR count). The van der Waals surface area contributed by atoms with Gasteiger partial charge in [0.25, 0.3) is 0 Å². The molecule has 2 nitrogen and oxygen atoms in total. The molecule has 0 aromatic heterocycles. The van der Waals surface area contributed by atoms with Crippen molar-refractivity contribution < 1.29 is 13.5 Å². The molecule has 0 aliphatic rings. The van der Waals surface area contributed by atoms with E-state index in [-0.39, 0.29) is 5.75 Å². The lowest BCUT2D eigenvalue weighted by molar-refractivity contribution is -0.0505. The maximum atomic E-state index is 12.3. The number of ether oxygens (including phenoxy) is 1. The molecule has 1 aromatic carbocycles. The molecule has 0 unspecified atom stereocenters. The molecule has 21 heavy (non-hydrogen) atoms. The number of benzene rings is 1. The first-order chi connectivity index (χ1) is 10.1. The van der Waals surface area contributed by atoms with Gasteiger partial charge in [-0.3, -0.25) is 0 Å². The van der Waals surface area contributed by atoms with Crippen LogP contribution in [0.3, 0.4) is 0 Å². The van der Waals surface area contributed by atoms with Gasteiger partial charge in [-0.05, 0) is 31.2 Å². The van der Waals surface area contributed by atoms with E-state index >= 15 is 0 Å². The molecule has 0 bridgehead atoms. The lowest BCUT2D eigenvalue weighted by Crippen LogP contribution is -2.16. The molecule has 0 spiro atoms. The highest BCUT2D eigenvalue weighted by atomic mass is 79.9. The quantitative estimate of drug-likeness (QED) is 0.524. The maximum Gasteiger partial charge on any atom is 0.387 e.